The van der Waals surface area contributed by atoms with Gasteiger partial charge in [0.15, 0.2) is 11.7 Å². The van der Waals surface area contributed by atoms with Gasteiger partial charge in [-0.3, -0.25) is 15.2 Å². The highest BCUT2D eigenvalue weighted by atomic mass is 16.1. The molecule has 1 amide bonds. The summed E-state index contributed by atoms with van der Waals surface area (Å²) in [7, 11) is 0. The number of rotatable bonds is 5. The standard InChI is InChI=1S/C28H27N7O/c1-16-10-18(13-19(11-16)32-25(36)12-17-6-8-30-9-7-17)24-14-20-21(15-31-24)27(29)35-26(20)28-33-22-4-2-3-5-23(22)34-28/h2-5,10-11,13-15,17,29-30H,6-9,12H2,1H3,(H,32,36)(H,33,34). The number of anilines is 1. The molecule has 8 nitrogen and oxygen atoms in total. The highest BCUT2D eigenvalue weighted by Crippen LogP contribution is 2.29. The summed E-state index contributed by atoms with van der Waals surface area (Å²) in [6, 6.07) is 15.8. The lowest BCUT2D eigenvalue weighted by molar-refractivity contribution is -0.117. The number of aromatic amines is 1. The van der Waals surface area contributed by atoms with Crippen LogP contribution in [-0.2, 0) is 4.79 Å². The van der Waals surface area contributed by atoms with Crippen LogP contribution >= 0.6 is 0 Å². The normalized spacial score (nSPS) is 15.7. The van der Waals surface area contributed by atoms with Crippen molar-refractivity contribution in [3.05, 3.63) is 77.2 Å². The van der Waals surface area contributed by atoms with Gasteiger partial charge in [-0.25, -0.2) is 9.98 Å². The molecule has 180 valence electrons. The van der Waals surface area contributed by atoms with Crippen molar-refractivity contribution in [3.63, 3.8) is 0 Å². The van der Waals surface area contributed by atoms with Crippen molar-refractivity contribution in [1.82, 2.24) is 20.3 Å². The van der Waals surface area contributed by atoms with Crippen LogP contribution in [0.4, 0.5) is 5.69 Å². The van der Waals surface area contributed by atoms with Crippen molar-refractivity contribution in [2.24, 2.45) is 10.9 Å². The summed E-state index contributed by atoms with van der Waals surface area (Å²) >= 11 is 0. The molecule has 0 bridgehead atoms. The van der Waals surface area contributed by atoms with E-state index in [4.69, 9.17) is 5.41 Å². The van der Waals surface area contributed by atoms with Crippen molar-refractivity contribution in [1.29, 1.82) is 5.41 Å². The Bertz CT molecular complexity index is 1500. The van der Waals surface area contributed by atoms with Crippen LogP contribution in [0.2, 0.25) is 0 Å². The number of pyridine rings is 1. The molecule has 2 aromatic heterocycles. The van der Waals surface area contributed by atoms with Gasteiger partial charge in [0.25, 0.3) is 0 Å². The van der Waals surface area contributed by atoms with Crippen molar-refractivity contribution in [2.45, 2.75) is 26.2 Å². The fraction of sp³-hybridized carbons (Fsp3) is 0.250. The minimum absolute atomic E-state index is 0.0492. The Morgan fingerprint density at radius 2 is 1.94 bits per heavy atom. The third-order valence-electron chi connectivity index (χ3n) is 6.84. The highest BCUT2D eigenvalue weighted by molar-refractivity contribution is 6.27. The number of H-pyrrole nitrogens is 1. The molecule has 36 heavy (non-hydrogen) atoms. The van der Waals surface area contributed by atoms with E-state index in [9.17, 15) is 4.79 Å². The maximum Gasteiger partial charge on any atom is 0.224 e. The molecule has 2 aliphatic heterocycles. The second kappa shape index (κ2) is 9.13. The number of aromatic nitrogens is 3. The fourth-order valence-corrected chi connectivity index (χ4v) is 5.04. The minimum Gasteiger partial charge on any atom is -0.337 e. The quantitative estimate of drug-likeness (QED) is 0.340. The molecule has 1 fully saturated rings. The van der Waals surface area contributed by atoms with Gasteiger partial charge in [-0.15, -0.1) is 0 Å². The molecule has 4 N–H and O–H groups in total. The zero-order chi connectivity index (χ0) is 24.6. The summed E-state index contributed by atoms with van der Waals surface area (Å²) in [5.41, 5.74) is 7.37. The summed E-state index contributed by atoms with van der Waals surface area (Å²) in [6.07, 6.45) is 4.32. The van der Waals surface area contributed by atoms with Crippen LogP contribution in [0.3, 0.4) is 0 Å². The number of amides is 1. The van der Waals surface area contributed by atoms with Gasteiger partial charge < -0.3 is 15.6 Å². The lowest BCUT2D eigenvalue weighted by Crippen LogP contribution is -2.30. The Kier molecular flexibility index (Phi) is 5.65. The molecule has 0 saturated carbocycles. The van der Waals surface area contributed by atoms with E-state index in [1.54, 1.807) is 6.20 Å². The molecule has 0 unspecified atom stereocenters. The van der Waals surface area contributed by atoms with E-state index in [-0.39, 0.29) is 11.7 Å². The maximum absolute atomic E-state index is 12.7. The van der Waals surface area contributed by atoms with Crippen LogP contribution in [0.15, 0.2) is 59.7 Å². The first-order valence-corrected chi connectivity index (χ1v) is 12.3. The van der Waals surface area contributed by atoms with E-state index in [2.05, 4.69) is 36.6 Å². The van der Waals surface area contributed by atoms with Crippen LogP contribution < -0.4 is 10.6 Å². The van der Waals surface area contributed by atoms with Crippen LogP contribution in [0, 0.1) is 18.3 Å². The number of para-hydroxylation sites is 2. The summed E-state index contributed by atoms with van der Waals surface area (Å²) in [5, 5.41) is 14.8. The summed E-state index contributed by atoms with van der Waals surface area (Å²) < 4.78 is 0. The zero-order valence-corrected chi connectivity index (χ0v) is 20.1. The molecular weight excluding hydrogens is 450 g/mol. The largest absolute Gasteiger partial charge is 0.337 e. The average Bonchev–Trinajstić information content (AvgIpc) is 3.45. The molecule has 2 aromatic carbocycles. The van der Waals surface area contributed by atoms with E-state index >= 15 is 0 Å². The second-order valence-corrected chi connectivity index (χ2v) is 9.56. The maximum atomic E-state index is 12.7. The molecule has 4 aromatic rings. The predicted octanol–water partition coefficient (Wildman–Crippen LogP) is 4.44. The van der Waals surface area contributed by atoms with Crippen molar-refractivity contribution in [3.8, 4) is 11.3 Å². The zero-order valence-electron chi connectivity index (χ0n) is 20.1. The lowest BCUT2D eigenvalue weighted by atomic mass is 9.94. The topological polar surface area (TPSA) is 119 Å². The number of piperidine rings is 1. The number of nitrogens with zero attached hydrogens (tertiary/aromatic N) is 3. The molecule has 1 saturated heterocycles. The van der Waals surface area contributed by atoms with Crippen LogP contribution in [0.1, 0.15) is 41.8 Å². The molecule has 0 radical (unpaired) electrons. The molecule has 0 aliphatic carbocycles. The van der Waals surface area contributed by atoms with E-state index in [0.717, 1.165) is 65.0 Å². The van der Waals surface area contributed by atoms with Crippen molar-refractivity contribution >= 4 is 34.2 Å². The third-order valence-corrected chi connectivity index (χ3v) is 6.84. The summed E-state index contributed by atoms with van der Waals surface area (Å²) in [4.78, 5) is 29.8. The number of fused-ring (bicyclic) bond motifs is 2. The molecule has 2 aliphatic rings. The molecule has 0 atom stereocenters. The Hall–Kier alpha value is -4.17. The number of hydrogen-bond acceptors (Lipinski definition) is 5. The van der Waals surface area contributed by atoms with Crippen molar-refractivity contribution < 1.29 is 4.79 Å². The van der Waals surface area contributed by atoms with Gasteiger partial charge in [-0.1, -0.05) is 12.1 Å². The van der Waals surface area contributed by atoms with E-state index < -0.39 is 0 Å². The number of nitrogens with one attached hydrogen (secondary N) is 4. The molecular formula is C28H27N7O. The van der Waals surface area contributed by atoms with Gasteiger partial charge in [0.2, 0.25) is 5.91 Å². The first-order chi connectivity index (χ1) is 17.5. The van der Waals surface area contributed by atoms with Gasteiger partial charge in [0.1, 0.15) is 5.71 Å². The number of hydrogen-bond donors (Lipinski definition) is 4. The van der Waals surface area contributed by atoms with Crippen molar-refractivity contribution in [2.75, 3.05) is 18.4 Å². The Balaban J connectivity index is 1.29. The Morgan fingerprint density at radius 3 is 2.78 bits per heavy atom. The van der Waals surface area contributed by atoms with Crippen LogP contribution in [-0.4, -0.2) is 45.5 Å². The predicted molar refractivity (Wildman–Crippen MR) is 142 cm³/mol. The number of carbonyl (C=O) groups excluding carboxylic acids is 1. The van der Waals surface area contributed by atoms with Gasteiger partial charge in [0, 0.05) is 35.0 Å². The monoisotopic (exact) mass is 477 g/mol. The van der Waals surface area contributed by atoms with E-state index in [1.165, 1.54) is 0 Å². The summed E-state index contributed by atoms with van der Waals surface area (Å²) in [5.74, 6) is 1.29. The fourth-order valence-electron chi connectivity index (χ4n) is 5.04. The lowest BCUT2D eigenvalue weighted by Gasteiger charge is -2.22. The number of imidazole rings is 1. The number of benzene rings is 2. The third kappa shape index (κ3) is 4.31. The smallest absolute Gasteiger partial charge is 0.224 e. The first-order valence-electron chi connectivity index (χ1n) is 12.3. The van der Waals surface area contributed by atoms with E-state index in [0.29, 0.717) is 29.4 Å². The van der Waals surface area contributed by atoms with Gasteiger partial charge in [-0.05, 0) is 80.7 Å². The molecule has 8 heteroatoms. The number of amidine groups is 1. The molecule has 4 heterocycles. The average molecular weight is 478 g/mol. The van der Waals surface area contributed by atoms with E-state index in [1.807, 2.05) is 49.4 Å². The van der Waals surface area contributed by atoms with Gasteiger partial charge in [-0.2, -0.15) is 0 Å². The van der Waals surface area contributed by atoms with Gasteiger partial charge >= 0.3 is 0 Å². The SMILES string of the molecule is Cc1cc(NC(=O)CC2CCNCC2)cc(-c2cc3c(cn2)C(=N)N=C3c2nc3ccccc3[nH]2)c1. The summed E-state index contributed by atoms with van der Waals surface area (Å²) in [6.45, 7) is 3.97. The number of aliphatic imine (C=N–C) groups is 1. The first kappa shape index (κ1) is 22.3. The number of carbonyl (C=O) groups is 1. The Labute approximate surface area is 208 Å². The van der Waals surface area contributed by atoms with Crippen LogP contribution in [0.25, 0.3) is 22.3 Å². The molecule has 6 rings (SSSR count). The molecule has 0 spiro atoms. The van der Waals surface area contributed by atoms with Gasteiger partial charge in [0.05, 0.1) is 16.7 Å². The minimum atomic E-state index is 0.0492. The number of aryl methyl sites for hydroxylation is 1. The second-order valence-electron chi connectivity index (χ2n) is 9.56. The highest BCUT2D eigenvalue weighted by Gasteiger charge is 2.25. The van der Waals surface area contributed by atoms with Crippen LogP contribution in [0.5, 0.6) is 0 Å². The Morgan fingerprint density at radius 1 is 1.11 bits per heavy atom.